The van der Waals surface area contributed by atoms with Crippen molar-refractivity contribution in [2.45, 2.75) is 6.92 Å². The number of hydrogen-bond donors (Lipinski definition) is 2. The van der Waals surface area contributed by atoms with Crippen molar-refractivity contribution in [2.75, 3.05) is 7.11 Å². The molecule has 0 amide bonds. The lowest BCUT2D eigenvalue weighted by Gasteiger charge is -2.07. The molecular weight excluding hydrogens is 202 g/mol. The van der Waals surface area contributed by atoms with E-state index < -0.39 is 0 Å². The van der Waals surface area contributed by atoms with Gasteiger partial charge in [-0.1, -0.05) is 0 Å². The maximum absolute atomic E-state index is 7.53. The molecule has 0 saturated carbocycles. The van der Waals surface area contributed by atoms with E-state index in [9.17, 15) is 0 Å². The number of nitrogens with zero attached hydrogens (tertiary/aromatic N) is 1. The van der Waals surface area contributed by atoms with Crippen molar-refractivity contribution >= 4 is 16.7 Å². The van der Waals surface area contributed by atoms with E-state index in [-0.39, 0.29) is 5.84 Å². The largest absolute Gasteiger partial charge is 0.497 e. The van der Waals surface area contributed by atoms with Gasteiger partial charge in [0.05, 0.1) is 12.6 Å². The molecule has 0 aliphatic rings. The van der Waals surface area contributed by atoms with E-state index in [4.69, 9.17) is 15.9 Å². The Morgan fingerprint density at radius 1 is 1.38 bits per heavy atom. The third-order valence-electron chi connectivity index (χ3n) is 2.44. The molecule has 0 aliphatic heterocycles. The lowest BCUT2D eigenvalue weighted by atomic mass is 10.1. The zero-order chi connectivity index (χ0) is 11.7. The smallest absolute Gasteiger partial charge is 0.123 e. The molecule has 0 fully saturated rings. The summed E-state index contributed by atoms with van der Waals surface area (Å²) in [4.78, 5) is 4.40. The number of nitrogens with one attached hydrogen (secondary N) is 1. The monoisotopic (exact) mass is 215 g/mol. The molecule has 82 valence electrons. The number of fused-ring (bicyclic) bond motifs is 1. The molecule has 1 aromatic carbocycles. The molecule has 2 rings (SSSR count). The first-order chi connectivity index (χ1) is 7.61. The summed E-state index contributed by atoms with van der Waals surface area (Å²) >= 11 is 0. The average Bonchev–Trinajstić information content (AvgIpc) is 2.26. The molecule has 2 aromatic rings. The van der Waals surface area contributed by atoms with Gasteiger partial charge in [-0.3, -0.25) is 10.4 Å². The lowest BCUT2D eigenvalue weighted by Crippen LogP contribution is -2.12. The van der Waals surface area contributed by atoms with Gasteiger partial charge in [0.2, 0.25) is 0 Å². The molecule has 0 aliphatic carbocycles. The van der Waals surface area contributed by atoms with E-state index in [1.807, 2.05) is 31.2 Å². The second kappa shape index (κ2) is 3.81. The van der Waals surface area contributed by atoms with Crippen LogP contribution < -0.4 is 10.5 Å². The molecule has 0 spiro atoms. The molecule has 0 radical (unpaired) electrons. The van der Waals surface area contributed by atoms with Crippen LogP contribution in [-0.4, -0.2) is 17.9 Å². The van der Waals surface area contributed by atoms with Crippen LogP contribution in [0.4, 0.5) is 0 Å². The number of nitrogens with two attached hydrogens (primary N) is 1. The topological polar surface area (TPSA) is 72.0 Å². The maximum Gasteiger partial charge on any atom is 0.123 e. The Balaban J connectivity index is 2.78. The Morgan fingerprint density at radius 3 is 2.75 bits per heavy atom. The fourth-order valence-electron chi connectivity index (χ4n) is 1.69. The van der Waals surface area contributed by atoms with Crippen molar-refractivity contribution in [3.63, 3.8) is 0 Å². The van der Waals surface area contributed by atoms with E-state index in [1.165, 1.54) is 0 Å². The minimum absolute atomic E-state index is 0.0562. The van der Waals surface area contributed by atoms with E-state index in [1.54, 1.807) is 7.11 Å². The van der Waals surface area contributed by atoms with E-state index in [0.29, 0.717) is 5.56 Å². The van der Waals surface area contributed by atoms with Gasteiger partial charge in [0.15, 0.2) is 0 Å². The number of rotatable bonds is 2. The Bertz CT molecular complexity index is 563. The van der Waals surface area contributed by atoms with Crippen molar-refractivity contribution in [3.05, 3.63) is 35.5 Å². The van der Waals surface area contributed by atoms with Gasteiger partial charge in [-0.15, -0.1) is 0 Å². The molecule has 16 heavy (non-hydrogen) atoms. The summed E-state index contributed by atoms with van der Waals surface area (Å²) in [5.41, 5.74) is 7.89. The summed E-state index contributed by atoms with van der Waals surface area (Å²) in [6.07, 6.45) is 0. The van der Waals surface area contributed by atoms with E-state index >= 15 is 0 Å². The number of hydrogen-bond acceptors (Lipinski definition) is 3. The molecule has 1 aromatic heterocycles. The minimum Gasteiger partial charge on any atom is -0.497 e. The van der Waals surface area contributed by atoms with Crippen LogP contribution in [0.25, 0.3) is 10.9 Å². The standard InChI is InChI=1S/C12H13N3O/c1-7-5-10(12(13)14)9-4-3-8(16-2)6-11(9)15-7/h3-6H,1-2H3,(H3,13,14). The Labute approximate surface area is 93.6 Å². The summed E-state index contributed by atoms with van der Waals surface area (Å²) in [6, 6.07) is 7.37. The van der Waals surface area contributed by atoms with Crippen molar-refractivity contribution in [1.82, 2.24) is 4.98 Å². The fraction of sp³-hybridized carbons (Fsp3) is 0.167. The van der Waals surface area contributed by atoms with Crippen LogP contribution in [0.5, 0.6) is 5.75 Å². The van der Waals surface area contributed by atoms with Gasteiger partial charge in [0.1, 0.15) is 11.6 Å². The highest BCUT2D eigenvalue weighted by Crippen LogP contribution is 2.22. The fourth-order valence-corrected chi connectivity index (χ4v) is 1.69. The number of aryl methyl sites for hydroxylation is 1. The van der Waals surface area contributed by atoms with E-state index in [2.05, 4.69) is 4.98 Å². The summed E-state index contributed by atoms with van der Waals surface area (Å²) in [7, 11) is 1.61. The van der Waals surface area contributed by atoms with Gasteiger partial charge in [0, 0.05) is 22.7 Å². The Morgan fingerprint density at radius 2 is 2.12 bits per heavy atom. The Hall–Kier alpha value is -2.10. The number of pyridine rings is 1. The predicted octanol–water partition coefficient (Wildman–Crippen LogP) is 1.84. The van der Waals surface area contributed by atoms with Gasteiger partial charge in [-0.2, -0.15) is 0 Å². The number of amidine groups is 1. The number of nitrogen functional groups attached to an aromatic ring is 1. The first kappa shape index (κ1) is 10.4. The highest BCUT2D eigenvalue weighted by Gasteiger charge is 2.07. The normalized spacial score (nSPS) is 10.4. The highest BCUT2D eigenvalue weighted by molar-refractivity contribution is 6.06. The molecule has 0 saturated heterocycles. The van der Waals surface area contributed by atoms with Gasteiger partial charge >= 0.3 is 0 Å². The number of ether oxygens (including phenoxy) is 1. The SMILES string of the molecule is COc1ccc2c(C(=N)N)cc(C)nc2c1. The second-order valence-corrected chi connectivity index (χ2v) is 3.61. The molecule has 0 bridgehead atoms. The average molecular weight is 215 g/mol. The van der Waals surface area contributed by atoms with Crippen LogP contribution in [0.1, 0.15) is 11.3 Å². The first-order valence-corrected chi connectivity index (χ1v) is 4.91. The van der Waals surface area contributed by atoms with Crippen LogP contribution in [0.15, 0.2) is 24.3 Å². The van der Waals surface area contributed by atoms with Crippen LogP contribution in [0, 0.1) is 12.3 Å². The van der Waals surface area contributed by atoms with Crippen LogP contribution in [0.3, 0.4) is 0 Å². The Kier molecular flexibility index (Phi) is 2.48. The molecule has 3 N–H and O–H groups in total. The summed E-state index contributed by atoms with van der Waals surface area (Å²) in [6.45, 7) is 1.88. The van der Waals surface area contributed by atoms with Gasteiger partial charge in [-0.05, 0) is 25.1 Å². The van der Waals surface area contributed by atoms with Crippen molar-refractivity contribution in [3.8, 4) is 5.75 Å². The van der Waals surface area contributed by atoms with Crippen LogP contribution >= 0.6 is 0 Å². The summed E-state index contributed by atoms with van der Waals surface area (Å²) in [5.74, 6) is 0.806. The summed E-state index contributed by atoms with van der Waals surface area (Å²) in [5, 5.41) is 8.41. The summed E-state index contributed by atoms with van der Waals surface area (Å²) < 4.78 is 5.14. The van der Waals surface area contributed by atoms with Gasteiger partial charge < -0.3 is 10.5 Å². The number of aromatic nitrogens is 1. The van der Waals surface area contributed by atoms with Crippen molar-refractivity contribution in [2.24, 2.45) is 5.73 Å². The van der Waals surface area contributed by atoms with Crippen LogP contribution in [-0.2, 0) is 0 Å². The third kappa shape index (κ3) is 1.69. The molecule has 4 heteroatoms. The maximum atomic E-state index is 7.53. The van der Waals surface area contributed by atoms with Gasteiger partial charge in [0.25, 0.3) is 0 Å². The zero-order valence-electron chi connectivity index (χ0n) is 9.24. The van der Waals surface area contributed by atoms with Crippen molar-refractivity contribution < 1.29 is 4.74 Å². The lowest BCUT2D eigenvalue weighted by molar-refractivity contribution is 0.415. The van der Waals surface area contributed by atoms with Crippen molar-refractivity contribution in [1.29, 1.82) is 5.41 Å². The number of methoxy groups -OCH3 is 1. The predicted molar refractivity (Wildman–Crippen MR) is 64.0 cm³/mol. The molecule has 1 heterocycles. The second-order valence-electron chi connectivity index (χ2n) is 3.61. The first-order valence-electron chi connectivity index (χ1n) is 4.91. The molecule has 0 unspecified atom stereocenters. The molecular formula is C12H13N3O. The highest BCUT2D eigenvalue weighted by atomic mass is 16.5. The molecule has 0 atom stereocenters. The van der Waals surface area contributed by atoms with Crippen LogP contribution in [0.2, 0.25) is 0 Å². The van der Waals surface area contributed by atoms with E-state index in [0.717, 1.165) is 22.3 Å². The molecule has 4 nitrogen and oxygen atoms in total. The number of benzene rings is 1. The van der Waals surface area contributed by atoms with Gasteiger partial charge in [-0.25, -0.2) is 0 Å². The quantitative estimate of drug-likeness (QED) is 0.593. The third-order valence-corrected chi connectivity index (χ3v) is 2.44. The minimum atomic E-state index is 0.0562. The zero-order valence-corrected chi connectivity index (χ0v) is 9.24.